The van der Waals surface area contributed by atoms with Crippen LogP contribution >= 0.6 is 0 Å². The van der Waals surface area contributed by atoms with Crippen molar-refractivity contribution < 1.29 is 22.7 Å². The Morgan fingerprint density at radius 3 is 2.48 bits per heavy atom. The SMILES string of the molecule is CS(=O)(=O)NC(=O)N1CCN(CC(=O)c2cccc(OCCC3CCCCC3)c2)CC1. The van der Waals surface area contributed by atoms with E-state index in [1.54, 1.807) is 12.1 Å². The van der Waals surface area contributed by atoms with Crippen LogP contribution in [0.15, 0.2) is 24.3 Å². The van der Waals surface area contributed by atoms with Gasteiger partial charge in [-0.1, -0.05) is 44.2 Å². The monoisotopic (exact) mass is 451 g/mol. The van der Waals surface area contributed by atoms with E-state index in [0.717, 1.165) is 24.3 Å². The van der Waals surface area contributed by atoms with Gasteiger partial charge in [-0.25, -0.2) is 17.9 Å². The molecular weight excluding hydrogens is 418 g/mol. The van der Waals surface area contributed by atoms with Crippen LogP contribution < -0.4 is 9.46 Å². The fourth-order valence-electron chi connectivity index (χ4n) is 4.21. The molecule has 3 rings (SSSR count). The fraction of sp³-hybridized carbons (Fsp3) is 0.636. The summed E-state index contributed by atoms with van der Waals surface area (Å²) >= 11 is 0. The third-order valence-corrected chi connectivity index (χ3v) is 6.52. The first-order chi connectivity index (χ1) is 14.8. The Kier molecular flexibility index (Phi) is 8.31. The minimum absolute atomic E-state index is 0.00627. The van der Waals surface area contributed by atoms with Gasteiger partial charge in [-0.15, -0.1) is 0 Å². The summed E-state index contributed by atoms with van der Waals surface area (Å²) in [6.07, 6.45) is 8.61. The molecule has 1 N–H and O–H groups in total. The first kappa shape index (κ1) is 23.5. The highest BCUT2D eigenvalue weighted by molar-refractivity contribution is 7.89. The second-order valence-electron chi connectivity index (χ2n) is 8.53. The average molecular weight is 452 g/mol. The van der Waals surface area contributed by atoms with E-state index in [9.17, 15) is 18.0 Å². The number of hydrogen-bond acceptors (Lipinski definition) is 6. The number of nitrogens with one attached hydrogen (secondary N) is 1. The quantitative estimate of drug-likeness (QED) is 0.610. The van der Waals surface area contributed by atoms with Gasteiger partial charge in [0.25, 0.3) is 0 Å². The fourth-order valence-corrected chi connectivity index (χ4v) is 4.65. The summed E-state index contributed by atoms with van der Waals surface area (Å²) in [4.78, 5) is 28.1. The molecule has 0 bridgehead atoms. The zero-order valence-electron chi connectivity index (χ0n) is 18.2. The molecule has 1 saturated carbocycles. The Morgan fingerprint density at radius 2 is 1.81 bits per heavy atom. The van der Waals surface area contributed by atoms with E-state index in [4.69, 9.17) is 4.74 Å². The van der Waals surface area contributed by atoms with Crippen LogP contribution in [0.4, 0.5) is 4.79 Å². The third kappa shape index (κ3) is 7.81. The number of ketones is 1. The summed E-state index contributed by atoms with van der Waals surface area (Å²) < 4.78 is 30.3. The van der Waals surface area contributed by atoms with Gasteiger partial charge >= 0.3 is 6.03 Å². The van der Waals surface area contributed by atoms with Crippen LogP contribution in [0.1, 0.15) is 48.9 Å². The maximum atomic E-state index is 12.7. The first-order valence-electron chi connectivity index (χ1n) is 11.1. The third-order valence-electron chi connectivity index (χ3n) is 5.98. The minimum Gasteiger partial charge on any atom is -0.494 e. The molecule has 31 heavy (non-hydrogen) atoms. The Balaban J connectivity index is 1.43. The number of rotatable bonds is 8. The van der Waals surface area contributed by atoms with Crippen LogP contribution in [-0.2, 0) is 10.0 Å². The lowest BCUT2D eigenvalue weighted by Gasteiger charge is -2.34. The van der Waals surface area contributed by atoms with E-state index in [1.807, 2.05) is 21.8 Å². The summed E-state index contributed by atoms with van der Waals surface area (Å²) in [6, 6.07) is 6.71. The van der Waals surface area contributed by atoms with Crippen molar-refractivity contribution in [2.45, 2.75) is 38.5 Å². The summed E-state index contributed by atoms with van der Waals surface area (Å²) in [7, 11) is -3.58. The van der Waals surface area contributed by atoms with Gasteiger partial charge in [0, 0.05) is 31.7 Å². The Morgan fingerprint density at radius 1 is 1.10 bits per heavy atom. The highest BCUT2D eigenvalue weighted by atomic mass is 32.2. The normalized spacial score (nSPS) is 18.5. The minimum atomic E-state index is -3.58. The molecule has 0 aromatic heterocycles. The molecule has 1 saturated heterocycles. The molecule has 1 aromatic rings. The Hall–Kier alpha value is -2.13. The van der Waals surface area contributed by atoms with Gasteiger partial charge in [0.1, 0.15) is 5.75 Å². The number of carbonyl (C=O) groups is 2. The van der Waals surface area contributed by atoms with Crippen molar-refractivity contribution in [1.29, 1.82) is 0 Å². The number of piperazine rings is 1. The van der Waals surface area contributed by atoms with E-state index in [2.05, 4.69) is 0 Å². The molecule has 2 fully saturated rings. The van der Waals surface area contributed by atoms with Gasteiger partial charge in [0.2, 0.25) is 10.0 Å². The number of amides is 2. The Labute approximate surface area is 185 Å². The zero-order valence-corrected chi connectivity index (χ0v) is 19.0. The first-order valence-corrected chi connectivity index (χ1v) is 12.9. The van der Waals surface area contributed by atoms with E-state index < -0.39 is 16.1 Å². The number of carbonyl (C=O) groups excluding carboxylic acids is 2. The number of ether oxygens (including phenoxy) is 1. The van der Waals surface area contributed by atoms with Gasteiger partial charge in [0.05, 0.1) is 19.4 Å². The largest absolute Gasteiger partial charge is 0.494 e. The topological polar surface area (TPSA) is 96.0 Å². The second kappa shape index (κ2) is 10.9. The van der Waals surface area contributed by atoms with Crippen LogP contribution in [-0.4, -0.2) is 75.6 Å². The van der Waals surface area contributed by atoms with E-state index in [1.165, 1.54) is 37.0 Å². The number of urea groups is 1. The van der Waals surface area contributed by atoms with Crippen LogP contribution in [0.3, 0.4) is 0 Å². The van der Waals surface area contributed by atoms with Crippen molar-refractivity contribution in [2.24, 2.45) is 5.92 Å². The highest BCUT2D eigenvalue weighted by Crippen LogP contribution is 2.26. The van der Waals surface area contributed by atoms with Crippen molar-refractivity contribution >= 4 is 21.8 Å². The van der Waals surface area contributed by atoms with Crippen LogP contribution in [0.5, 0.6) is 5.75 Å². The molecule has 1 aromatic carbocycles. The highest BCUT2D eigenvalue weighted by Gasteiger charge is 2.24. The van der Waals surface area contributed by atoms with Gasteiger partial charge in [-0.05, 0) is 24.5 Å². The predicted molar refractivity (Wildman–Crippen MR) is 119 cm³/mol. The number of nitrogens with zero attached hydrogens (tertiary/aromatic N) is 2. The molecule has 0 unspecified atom stereocenters. The number of hydrogen-bond donors (Lipinski definition) is 1. The van der Waals surface area contributed by atoms with Crippen molar-refractivity contribution in [1.82, 2.24) is 14.5 Å². The van der Waals surface area contributed by atoms with Crippen molar-refractivity contribution in [3.63, 3.8) is 0 Å². The molecule has 2 amide bonds. The maximum Gasteiger partial charge on any atom is 0.331 e. The molecule has 9 heteroatoms. The zero-order chi connectivity index (χ0) is 22.3. The number of Topliss-reactive ketones (excluding diaryl/α,β-unsaturated/α-hetero) is 1. The summed E-state index contributed by atoms with van der Waals surface area (Å²) in [6.45, 7) is 2.71. The lowest BCUT2D eigenvalue weighted by molar-refractivity contribution is 0.0880. The van der Waals surface area contributed by atoms with Gasteiger partial charge < -0.3 is 9.64 Å². The molecular formula is C22H33N3O5S. The number of benzene rings is 1. The molecule has 0 atom stereocenters. The molecule has 8 nitrogen and oxygen atoms in total. The number of sulfonamides is 1. The molecule has 1 aliphatic carbocycles. The van der Waals surface area contributed by atoms with Crippen molar-refractivity contribution in [3.8, 4) is 5.75 Å². The molecule has 2 aliphatic rings. The summed E-state index contributed by atoms with van der Waals surface area (Å²) in [5.74, 6) is 1.49. The molecule has 1 heterocycles. The van der Waals surface area contributed by atoms with E-state index in [-0.39, 0.29) is 12.3 Å². The van der Waals surface area contributed by atoms with Gasteiger partial charge in [0.15, 0.2) is 5.78 Å². The lowest BCUT2D eigenvalue weighted by Crippen LogP contribution is -2.53. The van der Waals surface area contributed by atoms with Crippen molar-refractivity contribution in [2.75, 3.05) is 45.6 Å². The van der Waals surface area contributed by atoms with Crippen LogP contribution in [0.2, 0.25) is 0 Å². The average Bonchev–Trinajstić information content (AvgIpc) is 2.74. The summed E-state index contributed by atoms with van der Waals surface area (Å²) in [5, 5.41) is 0. The molecule has 172 valence electrons. The van der Waals surface area contributed by atoms with Crippen LogP contribution in [0.25, 0.3) is 0 Å². The van der Waals surface area contributed by atoms with E-state index >= 15 is 0 Å². The lowest BCUT2D eigenvalue weighted by atomic mass is 9.87. The second-order valence-corrected chi connectivity index (χ2v) is 10.3. The standard InChI is InChI=1S/C22H33N3O5S/c1-31(28,29)23-22(27)25-13-11-24(12-14-25)17-21(26)19-8-5-9-20(16-19)30-15-10-18-6-3-2-4-7-18/h5,8-9,16,18H,2-4,6-7,10-15,17H2,1H3,(H,23,27). The smallest absolute Gasteiger partial charge is 0.331 e. The predicted octanol–water partition coefficient (Wildman–Crippen LogP) is 2.51. The summed E-state index contributed by atoms with van der Waals surface area (Å²) in [5.41, 5.74) is 0.618. The maximum absolute atomic E-state index is 12.7. The molecule has 0 spiro atoms. The van der Waals surface area contributed by atoms with Gasteiger partial charge in [-0.2, -0.15) is 0 Å². The molecule has 0 radical (unpaired) electrons. The van der Waals surface area contributed by atoms with Crippen molar-refractivity contribution in [3.05, 3.63) is 29.8 Å². The molecule has 1 aliphatic heterocycles. The Bertz CT molecular complexity index is 860. The van der Waals surface area contributed by atoms with E-state index in [0.29, 0.717) is 38.3 Å². The van der Waals surface area contributed by atoms with Crippen LogP contribution in [0, 0.1) is 5.92 Å². The van der Waals surface area contributed by atoms with Gasteiger partial charge in [-0.3, -0.25) is 9.69 Å².